The van der Waals surface area contributed by atoms with Crippen LogP contribution in [0.5, 0.6) is 0 Å². The quantitative estimate of drug-likeness (QED) is 0.537. The standard InChI is InChI=1S/C26H25NO3/c1-3-13-20-14-11-12-19-23(20)27(24(28)21-15-7-5-8-16-21)26(4-2,25(29)30)22-17-9-6-10-18-22/h3,5-12,14-19H,1,4,13H2,2H3,(H,29,30)/p-1. The lowest BCUT2D eigenvalue weighted by atomic mass is 9.83. The maximum absolute atomic E-state index is 13.8. The summed E-state index contributed by atoms with van der Waals surface area (Å²) in [6, 6.07) is 24.8. The highest BCUT2D eigenvalue weighted by Gasteiger charge is 2.43. The van der Waals surface area contributed by atoms with Crippen molar-refractivity contribution in [3.8, 4) is 0 Å². The molecule has 152 valence electrons. The Balaban J connectivity index is 2.34. The van der Waals surface area contributed by atoms with Crippen molar-refractivity contribution in [2.45, 2.75) is 25.3 Å². The van der Waals surface area contributed by atoms with Gasteiger partial charge in [0.05, 0.1) is 5.97 Å². The summed E-state index contributed by atoms with van der Waals surface area (Å²) in [4.78, 5) is 27.9. The van der Waals surface area contributed by atoms with Crippen molar-refractivity contribution in [3.63, 3.8) is 0 Å². The Bertz CT molecular complexity index is 1030. The maximum Gasteiger partial charge on any atom is 0.259 e. The zero-order chi connectivity index (χ0) is 21.6. The lowest BCUT2D eigenvalue weighted by molar-refractivity contribution is -0.313. The number of allylic oxidation sites excluding steroid dienone is 1. The maximum atomic E-state index is 13.8. The molecular weight excluding hydrogens is 374 g/mol. The van der Waals surface area contributed by atoms with Crippen LogP contribution in [0.2, 0.25) is 0 Å². The Labute approximate surface area is 177 Å². The van der Waals surface area contributed by atoms with Gasteiger partial charge >= 0.3 is 0 Å². The fraction of sp³-hybridized carbons (Fsp3) is 0.154. The summed E-state index contributed by atoms with van der Waals surface area (Å²) < 4.78 is 0. The number of carboxylic acid groups (broad SMARTS) is 1. The van der Waals surface area contributed by atoms with Crippen molar-refractivity contribution in [1.29, 1.82) is 0 Å². The molecule has 4 heteroatoms. The smallest absolute Gasteiger partial charge is 0.259 e. The molecule has 3 rings (SSSR count). The predicted octanol–water partition coefficient (Wildman–Crippen LogP) is 4.12. The average molecular weight is 398 g/mol. The summed E-state index contributed by atoms with van der Waals surface area (Å²) >= 11 is 0. The summed E-state index contributed by atoms with van der Waals surface area (Å²) in [6.45, 7) is 5.56. The Morgan fingerprint density at radius 3 is 2.07 bits per heavy atom. The lowest BCUT2D eigenvalue weighted by Crippen LogP contribution is -2.60. The average Bonchev–Trinajstić information content (AvgIpc) is 2.79. The van der Waals surface area contributed by atoms with Crippen LogP contribution in [-0.2, 0) is 16.8 Å². The van der Waals surface area contributed by atoms with E-state index in [0.29, 0.717) is 23.2 Å². The van der Waals surface area contributed by atoms with Crippen LogP contribution in [-0.4, -0.2) is 11.9 Å². The van der Waals surface area contributed by atoms with Gasteiger partial charge in [0.2, 0.25) is 0 Å². The molecule has 1 amide bonds. The van der Waals surface area contributed by atoms with Gasteiger partial charge in [-0.1, -0.05) is 79.7 Å². The van der Waals surface area contributed by atoms with Crippen LogP contribution in [0.1, 0.15) is 34.8 Å². The van der Waals surface area contributed by atoms with Gasteiger partial charge in [0.1, 0.15) is 5.54 Å². The van der Waals surface area contributed by atoms with E-state index in [-0.39, 0.29) is 6.42 Å². The molecule has 4 nitrogen and oxygen atoms in total. The third-order valence-corrected chi connectivity index (χ3v) is 5.30. The van der Waals surface area contributed by atoms with Gasteiger partial charge in [-0.2, -0.15) is 0 Å². The van der Waals surface area contributed by atoms with Crippen molar-refractivity contribution < 1.29 is 14.7 Å². The van der Waals surface area contributed by atoms with E-state index in [0.717, 1.165) is 5.56 Å². The monoisotopic (exact) mass is 398 g/mol. The van der Waals surface area contributed by atoms with Gasteiger partial charge in [-0.15, -0.1) is 6.58 Å². The molecule has 1 atom stereocenters. The third-order valence-electron chi connectivity index (χ3n) is 5.30. The topological polar surface area (TPSA) is 60.4 Å². The molecule has 0 bridgehead atoms. The van der Waals surface area contributed by atoms with E-state index in [1.165, 1.54) is 4.90 Å². The van der Waals surface area contributed by atoms with E-state index in [1.54, 1.807) is 73.7 Å². The van der Waals surface area contributed by atoms with Gasteiger partial charge < -0.3 is 9.90 Å². The minimum absolute atomic E-state index is 0.139. The Kier molecular flexibility index (Phi) is 6.48. The number of carbonyl (C=O) groups is 2. The molecule has 0 fully saturated rings. The molecule has 1 unspecified atom stereocenters. The second kappa shape index (κ2) is 9.23. The van der Waals surface area contributed by atoms with Gasteiger partial charge in [0.15, 0.2) is 0 Å². The second-order valence-electron chi connectivity index (χ2n) is 7.00. The number of rotatable bonds is 8. The highest BCUT2D eigenvalue weighted by Crippen LogP contribution is 2.39. The molecule has 0 heterocycles. The number of hydrogen-bond acceptors (Lipinski definition) is 3. The molecule has 0 aliphatic heterocycles. The SMILES string of the molecule is C=CCc1ccccc1N(C(=O)c1ccccc1)C(CC)(C(=O)[O-])c1ccccc1. The fourth-order valence-corrected chi connectivity index (χ4v) is 3.81. The molecule has 0 radical (unpaired) electrons. The van der Waals surface area contributed by atoms with Gasteiger partial charge in [0, 0.05) is 11.3 Å². The van der Waals surface area contributed by atoms with Crippen molar-refractivity contribution in [2.75, 3.05) is 4.90 Å². The van der Waals surface area contributed by atoms with Gasteiger partial charge in [-0.05, 0) is 42.2 Å². The number of anilines is 1. The molecule has 0 saturated heterocycles. The van der Waals surface area contributed by atoms with E-state index in [2.05, 4.69) is 6.58 Å². The normalized spacial score (nSPS) is 12.6. The zero-order valence-electron chi connectivity index (χ0n) is 17.0. The van der Waals surface area contributed by atoms with E-state index < -0.39 is 17.4 Å². The zero-order valence-corrected chi connectivity index (χ0v) is 17.0. The molecule has 30 heavy (non-hydrogen) atoms. The molecule has 0 saturated carbocycles. The van der Waals surface area contributed by atoms with Crippen LogP contribution in [0.25, 0.3) is 0 Å². The van der Waals surface area contributed by atoms with Crippen molar-refractivity contribution in [3.05, 3.63) is 114 Å². The minimum Gasteiger partial charge on any atom is -0.547 e. The molecule has 0 aromatic heterocycles. The Hall–Kier alpha value is -3.66. The van der Waals surface area contributed by atoms with Crippen LogP contribution in [0.4, 0.5) is 5.69 Å². The predicted molar refractivity (Wildman–Crippen MR) is 117 cm³/mol. The van der Waals surface area contributed by atoms with Gasteiger partial charge in [-0.25, -0.2) is 0 Å². The number of para-hydroxylation sites is 1. The number of benzene rings is 3. The first-order valence-electron chi connectivity index (χ1n) is 9.91. The largest absolute Gasteiger partial charge is 0.547 e. The van der Waals surface area contributed by atoms with Gasteiger partial charge in [-0.3, -0.25) is 9.69 Å². The van der Waals surface area contributed by atoms with Crippen LogP contribution < -0.4 is 10.0 Å². The number of carbonyl (C=O) groups excluding carboxylic acids is 2. The van der Waals surface area contributed by atoms with E-state index in [1.807, 2.05) is 24.3 Å². The van der Waals surface area contributed by atoms with Crippen LogP contribution in [0.15, 0.2) is 97.6 Å². The summed E-state index contributed by atoms with van der Waals surface area (Å²) in [5.74, 6) is -1.73. The number of hydrogen-bond donors (Lipinski definition) is 0. The first kappa shape index (κ1) is 21.1. The summed E-state index contributed by atoms with van der Waals surface area (Å²) in [5.41, 5.74) is 0.560. The summed E-state index contributed by atoms with van der Waals surface area (Å²) in [6.07, 6.45) is 2.37. The van der Waals surface area contributed by atoms with Crippen LogP contribution >= 0.6 is 0 Å². The number of aliphatic carboxylic acids is 1. The van der Waals surface area contributed by atoms with E-state index in [9.17, 15) is 14.7 Å². The van der Waals surface area contributed by atoms with Gasteiger partial charge in [0.25, 0.3) is 5.91 Å². The Morgan fingerprint density at radius 2 is 1.50 bits per heavy atom. The number of nitrogens with zero attached hydrogens (tertiary/aromatic N) is 1. The molecule has 0 N–H and O–H groups in total. The van der Waals surface area contributed by atoms with E-state index in [4.69, 9.17) is 0 Å². The highest BCUT2D eigenvalue weighted by atomic mass is 16.4. The van der Waals surface area contributed by atoms with Crippen LogP contribution in [0, 0.1) is 0 Å². The van der Waals surface area contributed by atoms with Crippen molar-refractivity contribution in [2.24, 2.45) is 0 Å². The highest BCUT2D eigenvalue weighted by molar-refractivity contribution is 6.11. The Morgan fingerprint density at radius 1 is 0.933 bits per heavy atom. The first-order chi connectivity index (χ1) is 14.6. The molecular formula is C26H24NO3-. The lowest BCUT2D eigenvalue weighted by Gasteiger charge is -2.45. The minimum atomic E-state index is -1.68. The molecule has 0 aliphatic carbocycles. The summed E-state index contributed by atoms with van der Waals surface area (Å²) in [5, 5.41) is 12.7. The fourth-order valence-electron chi connectivity index (χ4n) is 3.81. The number of amides is 1. The molecule has 0 aliphatic rings. The first-order valence-corrected chi connectivity index (χ1v) is 9.91. The number of carboxylic acids is 1. The van der Waals surface area contributed by atoms with E-state index >= 15 is 0 Å². The van der Waals surface area contributed by atoms with Crippen molar-refractivity contribution in [1.82, 2.24) is 0 Å². The molecule has 0 spiro atoms. The molecule has 3 aromatic carbocycles. The molecule has 3 aromatic rings. The second-order valence-corrected chi connectivity index (χ2v) is 7.00. The summed E-state index contributed by atoms with van der Waals surface area (Å²) in [7, 11) is 0. The third kappa shape index (κ3) is 3.77. The van der Waals surface area contributed by atoms with Crippen molar-refractivity contribution >= 4 is 17.6 Å². The van der Waals surface area contributed by atoms with Crippen LogP contribution in [0.3, 0.4) is 0 Å².